The fourth-order valence-electron chi connectivity index (χ4n) is 8.67. The molecule has 10 aromatic rings. The van der Waals surface area contributed by atoms with Crippen LogP contribution in [0.4, 0.5) is 0 Å². The molecule has 0 fully saturated rings. The largest absolute Gasteiger partial charge is 0.457 e. The quantitative estimate of drug-likeness (QED) is 0.170. The van der Waals surface area contributed by atoms with Crippen LogP contribution in [-0.2, 0) is 0 Å². The predicted molar refractivity (Wildman–Crippen MR) is 237 cm³/mol. The van der Waals surface area contributed by atoms with Crippen LogP contribution in [0.5, 0.6) is 23.0 Å². The molecule has 0 saturated carbocycles. The van der Waals surface area contributed by atoms with Crippen LogP contribution in [0.25, 0.3) is 76.1 Å². The molecule has 0 unspecified atom stereocenters. The maximum atomic E-state index is 6.74. The molecule has 0 amide bonds. The minimum atomic E-state index is 0.779. The van der Waals surface area contributed by atoms with Crippen molar-refractivity contribution >= 4 is 53.9 Å². The van der Waals surface area contributed by atoms with Gasteiger partial charge in [0.2, 0.25) is 0 Å². The van der Waals surface area contributed by atoms with Crippen LogP contribution in [0.2, 0.25) is 0 Å². The van der Waals surface area contributed by atoms with Gasteiger partial charge in [-0.15, -0.1) is 0 Å². The second-order valence-corrected chi connectivity index (χ2v) is 15.1. The van der Waals surface area contributed by atoms with Crippen LogP contribution < -0.4 is 9.47 Å². The molecular formula is C54H40O2. The van der Waals surface area contributed by atoms with Crippen molar-refractivity contribution in [3.05, 3.63) is 192 Å². The molecule has 0 aliphatic carbocycles. The molecule has 0 saturated heterocycles. The summed E-state index contributed by atoms with van der Waals surface area (Å²) in [6.07, 6.45) is 0. The first-order chi connectivity index (χ1) is 27.4. The Morgan fingerprint density at radius 2 is 0.786 bits per heavy atom. The fraction of sp³-hybridized carbons (Fsp3) is 0.0741. The molecule has 0 aliphatic rings. The van der Waals surface area contributed by atoms with E-state index in [2.05, 4.69) is 173 Å². The first-order valence-corrected chi connectivity index (χ1v) is 19.3. The van der Waals surface area contributed by atoms with Gasteiger partial charge in [0, 0.05) is 10.8 Å². The zero-order valence-corrected chi connectivity index (χ0v) is 32.0. The molecule has 0 aromatic heterocycles. The highest BCUT2D eigenvalue weighted by molar-refractivity contribution is 6.13. The van der Waals surface area contributed by atoms with Gasteiger partial charge in [-0.1, -0.05) is 133 Å². The van der Waals surface area contributed by atoms with Crippen LogP contribution in [0, 0.1) is 27.7 Å². The third kappa shape index (κ3) is 5.74. The molecule has 0 spiro atoms. The summed E-state index contributed by atoms with van der Waals surface area (Å²) in [5.41, 5.74) is 10.0. The van der Waals surface area contributed by atoms with E-state index in [0.717, 1.165) is 39.2 Å². The Balaban J connectivity index is 1.03. The zero-order chi connectivity index (χ0) is 37.9. The highest BCUT2D eigenvalue weighted by atomic mass is 16.5. The summed E-state index contributed by atoms with van der Waals surface area (Å²) in [4.78, 5) is 0. The van der Waals surface area contributed by atoms with Gasteiger partial charge in [0.1, 0.15) is 23.0 Å². The highest BCUT2D eigenvalue weighted by Gasteiger charge is 2.17. The molecule has 0 atom stereocenters. The van der Waals surface area contributed by atoms with Gasteiger partial charge >= 0.3 is 0 Å². The van der Waals surface area contributed by atoms with E-state index in [0.29, 0.717) is 0 Å². The van der Waals surface area contributed by atoms with E-state index >= 15 is 0 Å². The number of ether oxygens (including phenoxy) is 2. The lowest BCUT2D eigenvalue weighted by Gasteiger charge is -2.18. The van der Waals surface area contributed by atoms with Crippen molar-refractivity contribution in [2.45, 2.75) is 27.7 Å². The van der Waals surface area contributed by atoms with Gasteiger partial charge in [0.15, 0.2) is 0 Å². The molecule has 56 heavy (non-hydrogen) atoms. The van der Waals surface area contributed by atoms with E-state index in [1.165, 1.54) is 82.2 Å². The number of fused-ring (bicyclic) bond motifs is 5. The summed E-state index contributed by atoms with van der Waals surface area (Å²) >= 11 is 0. The number of benzene rings is 10. The lowest BCUT2D eigenvalue weighted by Crippen LogP contribution is -1.93. The van der Waals surface area contributed by atoms with Gasteiger partial charge in [-0.2, -0.15) is 0 Å². The second-order valence-electron chi connectivity index (χ2n) is 15.1. The average molecular weight is 721 g/mol. The number of aryl methyl sites for hydroxylation is 4. The normalized spacial score (nSPS) is 11.6. The Morgan fingerprint density at radius 3 is 1.50 bits per heavy atom. The van der Waals surface area contributed by atoms with Crippen molar-refractivity contribution in [2.24, 2.45) is 0 Å². The Bertz CT molecular complexity index is 3190. The van der Waals surface area contributed by atoms with Crippen molar-refractivity contribution < 1.29 is 9.47 Å². The van der Waals surface area contributed by atoms with E-state index in [1.54, 1.807) is 0 Å². The number of hydrogen-bond acceptors (Lipinski definition) is 2. The van der Waals surface area contributed by atoms with Crippen LogP contribution in [0.1, 0.15) is 22.3 Å². The lowest BCUT2D eigenvalue weighted by atomic mass is 9.86. The van der Waals surface area contributed by atoms with E-state index in [1.807, 2.05) is 24.3 Å². The van der Waals surface area contributed by atoms with E-state index in [4.69, 9.17) is 9.47 Å². The predicted octanol–water partition coefficient (Wildman–Crippen LogP) is 15.6. The molecule has 0 N–H and O–H groups in total. The van der Waals surface area contributed by atoms with Gasteiger partial charge in [-0.05, 0) is 152 Å². The first kappa shape index (κ1) is 33.7. The van der Waals surface area contributed by atoms with Gasteiger partial charge in [0.05, 0.1) is 0 Å². The Labute approximate surface area is 327 Å². The van der Waals surface area contributed by atoms with E-state index < -0.39 is 0 Å². The van der Waals surface area contributed by atoms with Crippen molar-refractivity contribution in [1.29, 1.82) is 0 Å². The molecule has 10 rings (SSSR count). The average Bonchev–Trinajstić information content (AvgIpc) is 3.20. The molecule has 0 radical (unpaired) electrons. The summed E-state index contributed by atoms with van der Waals surface area (Å²) in [6, 6.07) is 60.7. The molecular weight excluding hydrogens is 681 g/mol. The molecule has 0 bridgehead atoms. The van der Waals surface area contributed by atoms with Crippen LogP contribution in [-0.4, -0.2) is 0 Å². The van der Waals surface area contributed by atoms with Crippen molar-refractivity contribution in [2.75, 3.05) is 0 Å². The van der Waals surface area contributed by atoms with Crippen LogP contribution >= 0.6 is 0 Å². The Kier molecular flexibility index (Phi) is 8.08. The zero-order valence-electron chi connectivity index (χ0n) is 32.0. The summed E-state index contributed by atoms with van der Waals surface area (Å²) in [6.45, 7) is 8.74. The molecule has 268 valence electrons. The van der Waals surface area contributed by atoms with Gasteiger partial charge in [-0.3, -0.25) is 0 Å². The van der Waals surface area contributed by atoms with Gasteiger partial charge in [0.25, 0.3) is 0 Å². The lowest BCUT2D eigenvalue weighted by molar-refractivity contribution is 0.486. The summed E-state index contributed by atoms with van der Waals surface area (Å²) in [5.74, 6) is 3.24. The second kappa shape index (κ2) is 13.4. The van der Waals surface area contributed by atoms with E-state index in [-0.39, 0.29) is 0 Å². The van der Waals surface area contributed by atoms with Gasteiger partial charge in [-0.25, -0.2) is 0 Å². The van der Waals surface area contributed by atoms with Crippen molar-refractivity contribution in [3.63, 3.8) is 0 Å². The SMILES string of the molecule is Cc1ccc2c(-c3c(C)ccc4c(-c5c(C)ccc6c(Oc7ccc8c(Oc9ccc%10c(C)cccc%10c9)cccc8c7)cccc56)cccc34)cccc2c1. The Morgan fingerprint density at radius 1 is 0.304 bits per heavy atom. The maximum Gasteiger partial charge on any atom is 0.135 e. The topological polar surface area (TPSA) is 18.5 Å². The summed E-state index contributed by atoms with van der Waals surface area (Å²) in [5, 5.41) is 11.8. The van der Waals surface area contributed by atoms with Crippen LogP contribution in [0.3, 0.4) is 0 Å². The smallest absolute Gasteiger partial charge is 0.135 e. The fourth-order valence-corrected chi connectivity index (χ4v) is 8.67. The van der Waals surface area contributed by atoms with Crippen molar-refractivity contribution in [3.8, 4) is 45.3 Å². The highest BCUT2D eigenvalue weighted by Crippen LogP contribution is 2.44. The third-order valence-electron chi connectivity index (χ3n) is 11.4. The number of hydrogen-bond donors (Lipinski definition) is 0. The molecule has 0 heterocycles. The molecule has 2 heteroatoms. The molecule has 10 aromatic carbocycles. The number of rotatable bonds is 6. The minimum absolute atomic E-state index is 0.779. The third-order valence-corrected chi connectivity index (χ3v) is 11.4. The van der Waals surface area contributed by atoms with Crippen molar-refractivity contribution in [1.82, 2.24) is 0 Å². The standard InChI is InChI=1S/C54H40O2/c1-33-20-25-43-37(30-33)12-6-14-47(43)53-35(3)21-26-45-48(53)15-8-16-49(45)54-36(4)22-27-46-50(54)17-9-19-52(46)56-41-24-29-44-39(32-41)13-7-18-51(44)55-40-23-28-42-34(2)10-5-11-38(42)31-40/h5-32H,1-4H3. The minimum Gasteiger partial charge on any atom is -0.457 e. The summed E-state index contributed by atoms with van der Waals surface area (Å²) < 4.78 is 13.2. The van der Waals surface area contributed by atoms with Crippen LogP contribution in [0.15, 0.2) is 170 Å². The first-order valence-electron chi connectivity index (χ1n) is 19.3. The molecule has 0 aliphatic heterocycles. The Hall–Kier alpha value is -6.90. The van der Waals surface area contributed by atoms with Gasteiger partial charge < -0.3 is 9.47 Å². The maximum absolute atomic E-state index is 6.74. The summed E-state index contributed by atoms with van der Waals surface area (Å²) in [7, 11) is 0. The molecule has 2 nitrogen and oxygen atoms in total. The van der Waals surface area contributed by atoms with E-state index in [9.17, 15) is 0 Å². The monoisotopic (exact) mass is 720 g/mol.